The molecule has 2 aromatic carbocycles. The molecule has 0 radical (unpaired) electrons. The highest BCUT2D eigenvalue weighted by Crippen LogP contribution is 2.43. The van der Waals surface area contributed by atoms with Gasteiger partial charge in [-0.2, -0.15) is 0 Å². The Balaban J connectivity index is 1.88. The lowest BCUT2D eigenvalue weighted by Gasteiger charge is -2.18. The van der Waals surface area contributed by atoms with Gasteiger partial charge in [0.1, 0.15) is 0 Å². The van der Waals surface area contributed by atoms with Crippen LogP contribution in [-0.2, 0) is 0 Å². The van der Waals surface area contributed by atoms with E-state index < -0.39 is 0 Å². The van der Waals surface area contributed by atoms with Gasteiger partial charge in [0, 0.05) is 44.0 Å². The van der Waals surface area contributed by atoms with Crippen molar-refractivity contribution in [3.63, 3.8) is 0 Å². The maximum atomic E-state index is 3.59. The molecule has 128 valence electrons. The van der Waals surface area contributed by atoms with E-state index in [-0.39, 0.29) is 5.92 Å². The third-order valence-electron chi connectivity index (χ3n) is 5.29. The molecule has 0 spiro atoms. The number of nitrogens with one attached hydrogen (secondary N) is 2. The Labute approximate surface area is 156 Å². The van der Waals surface area contributed by atoms with Crippen LogP contribution in [0.2, 0.25) is 0 Å². The van der Waals surface area contributed by atoms with Gasteiger partial charge in [0.25, 0.3) is 0 Å². The number of aryl methyl sites for hydroxylation is 2. The van der Waals surface area contributed by atoms with Gasteiger partial charge in [-0.25, -0.2) is 0 Å². The van der Waals surface area contributed by atoms with E-state index >= 15 is 0 Å². The maximum Gasteiger partial charge on any atom is 0.0481 e. The van der Waals surface area contributed by atoms with Crippen LogP contribution in [0, 0.1) is 13.8 Å². The summed E-state index contributed by atoms with van der Waals surface area (Å²) in [6.45, 7) is 4.39. The van der Waals surface area contributed by atoms with E-state index in [2.05, 4.69) is 89.9 Å². The lowest BCUT2D eigenvalue weighted by atomic mass is 9.86. The number of H-pyrrole nitrogens is 2. The van der Waals surface area contributed by atoms with Crippen LogP contribution in [0.3, 0.4) is 0 Å². The first-order chi connectivity index (χ1) is 12.7. The van der Waals surface area contributed by atoms with Crippen LogP contribution in [0.15, 0.2) is 66.0 Å². The monoisotopic (exact) mass is 356 g/mol. The summed E-state index contributed by atoms with van der Waals surface area (Å²) in [5.41, 5.74) is 7.67. The second-order valence-corrected chi connectivity index (χ2v) is 7.85. The van der Waals surface area contributed by atoms with Crippen molar-refractivity contribution in [1.82, 2.24) is 9.97 Å². The number of rotatable bonds is 3. The van der Waals surface area contributed by atoms with E-state index in [9.17, 15) is 0 Å². The molecule has 3 heteroatoms. The van der Waals surface area contributed by atoms with Gasteiger partial charge in [-0.3, -0.25) is 0 Å². The number of hydrogen-bond acceptors (Lipinski definition) is 1. The summed E-state index contributed by atoms with van der Waals surface area (Å²) < 4.78 is 0. The van der Waals surface area contributed by atoms with E-state index in [4.69, 9.17) is 0 Å². The number of para-hydroxylation sites is 2. The predicted octanol–water partition coefficient (Wildman–Crippen LogP) is 6.51. The summed E-state index contributed by atoms with van der Waals surface area (Å²) in [6, 6.07) is 21.7. The molecule has 0 fully saturated rings. The quantitative estimate of drug-likeness (QED) is 0.369. The highest BCUT2D eigenvalue weighted by Gasteiger charge is 2.27. The molecule has 3 aromatic heterocycles. The van der Waals surface area contributed by atoms with Gasteiger partial charge in [-0.1, -0.05) is 42.5 Å². The van der Waals surface area contributed by atoms with Gasteiger partial charge in [0.15, 0.2) is 0 Å². The summed E-state index contributed by atoms with van der Waals surface area (Å²) in [5.74, 6) is 0.224. The number of fused-ring (bicyclic) bond motifs is 2. The molecule has 0 saturated carbocycles. The van der Waals surface area contributed by atoms with Gasteiger partial charge in [0.2, 0.25) is 0 Å². The standard InChI is InChI=1S/C23H20N2S/c1-14-21(16-8-3-5-10-18(16)24-14)23(20-12-7-13-26-20)22-15(2)25-19-11-6-4-9-17(19)22/h3-13,23-25H,1-2H3. The third-order valence-corrected chi connectivity index (χ3v) is 6.23. The highest BCUT2D eigenvalue weighted by atomic mass is 32.1. The van der Waals surface area contributed by atoms with Crippen molar-refractivity contribution in [2.45, 2.75) is 19.8 Å². The molecule has 2 N–H and O–H groups in total. The van der Waals surface area contributed by atoms with E-state index in [1.807, 2.05) is 11.3 Å². The Morgan fingerprint density at radius 3 is 1.73 bits per heavy atom. The van der Waals surface area contributed by atoms with Gasteiger partial charge >= 0.3 is 0 Å². The van der Waals surface area contributed by atoms with Crippen molar-refractivity contribution in [2.24, 2.45) is 0 Å². The molecule has 3 heterocycles. The van der Waals surface area contributed by atoms with E-state index in [1.165, 1.54) is 49.2 Å². The number of thiophene rings is 1. The van der Waals surface area contributed by atoms with Crippen LogP contribution in [0.25, 0.3) is 21.8 Å². The maximum absolute atomic E-state index is 3.59. The zero-order valence-corrected chi connectivity index (χ0v) is 15.7. The van der Waals surface area contributed by atoms with Crippen LogP contribution < -0.4 is 0 Å². The fourth-order valence-electron chi connectivity index (χ4n) is 4.23. The minimum Gasteiger partial charge on any atom is -0.358 e. The zero-order valence-electron chi connectivity index (χ0n) is 14.8. The Hall–Kier alpha value is -2.78. The molecule has 5 rings (SSSR count). The number of benzene rings is 2. The summed E-state index contributed by atoms with van der Waals surface area (Å²) >= 11 is 1.83. The molecular weight excluding hydrogens is 336 g/mol. The van der Waals surface area contributed by atoms with Crippen molar-refractivity contribution in [1.29, 1.82) is 0 Å². The topological polar surface area (TPSA) is 31.6 Å². The lowest BCUT2D eigenvalue weighted by molar-refractivity contribution is 0.985. The normalized spacial score (nSPS) is 11.8. The largest absolute Gasteiger partial charge is 0.358 e. The summed E-state index contributed by atoms with van der Waals surface area (Å²) in [4.78, 5) is 8.57. The molecule has 0 aliphatic rings. The first-order valence-electron chi connectivity index (χ1n) is 8.92. The average Bonchev–Trinajstić information content (AvgIpc) is 3.35. The van der Waals surface area contributed by atoms with Crippen molar-refractivity contribution in [2.75, 3.05) is 0 Å². The third kappa shape index (κ3) is 2.24. The van der Waals surface area contributed by atoms with Crippen LogP contribution in [-0.4, -0.2) is 9.97 Å². The molecule has 0 amide bonds. The molecule has 26 heavy (non-hydrogen) atoms. The summed E-state index contributed by atoms with van der Waals surface area (Å²) in [5, 5.41) is 4.80. The minimum atomic E-state index is 0.224. The lowest BCUT2D eigenvalue weighted by Crippen LogP contribution is -2.04. The fourth-order valence-corrected chi connectivity index (χ4v) is 5.07. The van der Waals surface area contributed by atoms with Crippen molar-refractivity contribution < 1.29 is 0 Å². The molecule has 0 unspecified atom stereocenters. The minimum absolute atomic E-state index is 0.224. The number of aromatic nitrogens is 2. The molecule has 5 aromatic rings. The Kier molecular flexibility index (Phi) is 3.50. The SMILES string of the molecule is Cc1[nH]c2ccccc2c1C(c1cccs1)c1c(C)[nH]c2ccccc12. The first kappa shape index (κ1) is 15.5. The predicted molar refractivity (Wildman–Crippen MR) is 111 cm³/mol. The Bertz CT molecular complexity index is 1130. The molecular formula is C23H20N2S. The van der Waals surface area contributed by atoms with Gasteiger partial charge < -0.3 is 9.97 Å². The highest BCUT2D eigenvalue weighted by molar-refractivity contribution is 7.10. The second kappa shape index (κ2) is 5.89. The summed E-state index contributed by atoms with van der Waals surface area (Å²) in [6.07, 6.45) is 0. The zero-order chi connectivity index (χ0) is 17.7. The smallest absolute Gasteiger partial charge is 0.0481 e. The van der Waals surface area contributed by atoms with Gasteiger partial charge in [-0.15, -0.1) is 11.3 Å². The van der Waals surface area contributed by atoms with Crippen LogP contribution >= 0.6 is 11.3 Å². The molecule has 2 nitrogen and oxygen atoms in total. The first-order valence-corrected chi connectivity index (χ1v) is 9.80. The van der Waals surface area contributed by atoms with Crippen LogP contribution in [0.1, 0.15) is 33.3 Å². The Morgan fingerprint density at radius 2 is 1.23 bits per heavy atom. The summed E-state index contributed by atoms with van der Waals surface area (Å²) in [7, 11) is 0. The van der Waals surface area contributed by atoms with Crippen LogP contribution in [0.5, 0.6) is 0 Å². The van der Waals surface area contributed by atoms with Crippen LogP contribution in [0.4, 0.5) is 0 Å². The van der Waals surface area contributed by atoms with Crippen molar-refractivity contribution in [3.05, 3.63) is 93.4 Å². The van der Waals surface area contributed by atoms with Gasteiger partial charge in [-0.05, 0) is 48.6 Å². The van der Waals surface area contributed by atoms with Gasteiger partial charge in [0.05, 0.1) is 0 Å². The molecule has 0 aliphatic heterocycles. The number of hydrogen-bond donors (Lipinski definition) is 2. The van der Waals surface area contributed by atoms with Crippen molar-refractivity contribution >= 4 is 33.1 Å². The second-order valence-electron chi connectivity index (χ2n) is 6.87. The number of aromatic amines is 2. The van der Waals surface area contributed by atoms with E-state index in [0.29, 0.717) is 0 Å². The molecule has 0 saturated heterocycles. The molecule has 0 aliphatic carbocycles. The molecule has 0 atom stereocenters. The Morgan fingerprint density at radius 1 is 0.692 bits per heavy atom. The van der Waals surface area contributed by atoms with Crippen molar-refractivity contribution in [3.8, 4) is 0 Å². The van der Waals surface area contributed by atoms with E-state index in [1.54, 1.807) is 0 Å². The molecule has 0 bridgehead atoms. The van der Waals surface area contributed by atoms with E-state index in [0.717, 1.165) is 0 Å². The fraction of sp³-hybridized carbons (Fsp3) is 0.130. The average molecular weight is 356 g/mol.